The van der Waals surface area contributed by atoms with Gasteiger partial charge in [0, 0.05) is 44.9 Å². The molecule has 0 unspecified atom stereocenters. The third-order valence-corrected chi connectivity index (χ3v) is 6.10. The lowest BCUT2D eigenvalue weighted by Gasteiger charge is -2.35. The van der Waals surface area contributed by atoms with Crippen LogP contribution >= 0.6 is 11.8 Å². The number of carbonyl (C=O) groups excluding carboxylic acids is 1. The highest BCUT2D eigenvalue weighted by molar-refractivity contribution is 7.99. The molecule has 29 heavy (non-hydrogen) atoms. The largest absolute Gasteiger partial charge is 0.618 e. The summed E-state index contributed by atoms with van der Waals surface area (Å²) < 4.78 is 11.6. The number of ether oxygens (including phenoxy) is 2. The van der Waals surface area contributed by atoms with Gasteiger partial charge in [-0.2, -0.15) is 4.73 Å². The molecule has 0 atom stereocenters. The third-order valence-electron chi connectivity index (χ3n) is 5.09. The Hall–Kier alpha value is -2.45. The molecule has 1 aromatic heterocycles. The van der Waals surface area contributed by atoms with Gasteiger partial charge in [0.25, 0.3) is 5.03 Å². The highest BCUT2D eigenvalue weighted by Gasteiger charge is 2.22. The minimum atomic E-state index is 0.0702. The number of aryl methyl sites for hydroxylation is 1. The van der Waals surface area contributed by atoms with Gasteiger partial charge in [0.15, 0.2) is 17.7 Å². The van der Waals surface area contributed by atoms with Crippen molar-refractivity contribution in [2.24, 2.45) is 0 Å². The van der Waals surface area contributed by atoms with Gasteiger partial charge in [-0.05, 0) is 48.0 Å². The molecule has 0 bridgehead atoms. The number of benzene rings is 1. The van der Waals surface area contributed by atoms with E-state index < -0.39 is 0 Å². The Bertz CT molecular complexity index is 854. The van der Waals surface area contributed by atoms with Crippen LogP contribution in [0.5, 0.6) is 11.5 Å². The van der Waals surface area contributed by atoms with Crippen LogP contribution in [0.15, 0.2) is 41.6 Å². The van der Waals surface area contributed by atoms with Crippen LogP contribution < -0.4 is 14.2 Å². The van der Waals surface area contributed by atoms with Gasteiger partial charge in [-0.15, -0.1) is 0 Å². The molecule has 156 valence electrons. The lowest BCUT2D eigenvalue weighted by atomic mass is 10.1. The first-order chi connectivity index (χ1) is 14.0. The van der Waals surface area contributed by atoms with E-state index in [1.54, 1.807) is 32.4 Å². The molecule has 2 heterocycles. The number of thioether (sulfide) groups is 1. The third kappa shape index (κ3) is 5.33. The number of carbonyl (C=O) groups is 1. The zero-order valence-electron chi connectivity index (χ0n) is 17.1. The number of amides is 1. The smallest absolute Gasteiger partial charge is 0.251 e. The lowest BCUT2D eigenvalue weighted by Crippen LogP contribution is -2.49. The predicted octanol–water partition coefficient (Wildman–Crippen LogP) is 2.08. The SMILES string of the molecule is COc1cc(C)c(CN2CCN(C(=O)CSc3cccc[n+]3[O-])CC2)cc1OC. The Morgan fingerprint density at radius 1 is 1.14 bits per heavy atom. The van der Waals surface area contributed by atoms with Gasteiger partial charge in [0.1, 0.15) is 0 Å². The molecule has 1 amide bonds. The van der Waals surface area contributed by atoms with E-state index in [1.165, 1.54) is 23.5 Å². The Kier molecular flexibility index (Phi) is 7.22. The molecular weight excluding hydrogens is 390 g/mol. The molecule has 0 radical (unpaired) electrons. The van der Waals surface area contributed by atoms with Gasteiger partial charge in [0.05, 0.1) is 20.0 Å². The standard InChI is InChI=1S/C21H27N3O4S/c1-16-12-18(27-2)19(28-3)13-17(16)14-22-8-10-23(11-9-22)20(25)15-29-21-6-4-5-7-24(21)26/h4-7,12-13H,8-11,14-15H2,1-3H3. The summed E-state index contributed by atoms with van der Waals surface area (Å²) in [6.45, 7) is 5.90. The highest BCUT2D eigenvalue weighted by atomic mass is 32.2. The molecule has 2 aromatic rings. The summed E-state index contributed by atoms with van der Waals surface area (Å²) in [5.74, 6) is 1.82. The first kappa shape index (κ1) is 21.3. The number of methoxy groups -OCH3 is 2. The zero-order valence-corrected chi connectivity index (χ0v) is 17.9. The molecule has 1 aliphatic rings. The van der Waals surface area contributed by atoms with Gasteiger partial charge in [-0.3, -0.25) is 9.69 Å². The Morgan fingerprint density at radius 3 is 2.48 bits per heavy atom. The van der Waals surface area contributed by atoms with Crippen LogP contribution in [-0.2, 0) is 11.3 Å². The first-order valence-corrected chi connectivity index (χ1v) is 10.5. The normalized spacial score (nSPS) is 14.7. The fourth-order valence-electron chi connectivity index (χ4n) is 3.34. The summed E-state index contributed by atoms with van der Waals surface area (Å²) in [6.07, 6.45) is 1.45. The summed E-state index contributed by atoms with van der Waals surface area (Å²) in [5, 5.41) is 12.2. The summed E-state index contributed by atoms with van der Waals surface area (Å²) >= 11 is 1.28. The molecule has 1 saturated heterocycles. The number of pyridine rings is 1. The van der Waals surface area contributed by atoms with Crippen LogP contribution in [0.1, 0.15) is 11.1 Å². The van der Waals surface area contributed by atoms with Crippen LogP contribution in [0.4, 0.5) is 0 Å². The Labute approximate surface area is 175 Å². The van der Waals surface area contributed by atoms with Gasteiger partial charge in [-0.25, -0.2) is 0 Å². The molecule has 0 saturated carbocycles. The summed E-state index contributed by atoms with van der Waals surface area (Å²) in [6, 6.07) is 9.24. The van der Waals surface area contributed by atoms with Crippen LogP contribution in [0.2, 0.25) is 0 Å². The number of hydrogen-bond donors (Lipinski definition) is 0. The van der Waals surface area contributed by atoms with Gasteiger partial charge >= 0.3 is 0 Å². The minimum absolute atomic E-state index is 0.0702. The first-order valence-electron chi connectivity index (χ1n) is 9.54. The molecule has 0 N–H and O–H groups in total. The number of hydrogen-bond acceptors (Lipinski definition) is 6. The highest BCUT2D eigenvalue weighted by Crippen LogP contribution is 2.31. The second kappa shape index (κ2) is 9.84. The van der Waals surface area contributed by atoms with E-state index in [4.69, 9.17) is 9.47 Å². The van der Waals surface area contributed by atoms with E-state index in [1.807, 2.05) is 17.0 Å². The number of nitrogens with zero attached hydrogens (tertiary/aromatic N) is 3. The zero-order chi connectivity index (χ0) is 20.8. The van der Waals surface area contributed by atoms with Gasteiger partial charge < -0.3 is 19.6 Å². The fraction of sp³-hybridized carbons (Fsp3) is 0.429. The van der Waals surface area contributed by atoms with Crippen molar-refractivity contribution < 1.29 is 19.0 Å². The van der Waals surface area contributed by atoms with Crippen molar-refractivity contribution in [3.05, 3.63) is 52.9 Å². The second-order valence-corrected chi connectivity index (χ2v) is 7.94. The van der Waals surface area contributed by atoms with E-state index in [0.717, 1.165) is 41.4 Å². The average molecular weight is 418 g/mol. The summed E-state index contributed by atoms with van der Waals surface area (Å²) in [4.78, 5) is 16.7. The minimum Gasteiger partial charge on any atom is -0.618 e. The van der Waals surface area contributed by atoms with E-state index >= 15 is 0 Å². The topological polar surface area (TPSA) is 69.0 Å². The molecule has 1 aliphatic heterocycles. The van der Waals surface area contributed by atoms with Gasteiger partial charge in [-0.1, -0.05) is 0 Å². The maximum atomic E-state index is 12.5. The van der Waals surface area contributed by atoms with Crippen molar-refractivity contribution in [1.29, 1.82) is 0 Å². The van der Waals surface area contributed by atoms with Crippen molar-refractivity contribution in [2.75, 3.05) is 46.2 Å². The van der Waals surface area contributed by atoms with E-state index in [0.29, 0.717) is 18.1 Å². The second-order valence-electron chi connectivity index (χ2n) is 6.94. The fourth-order valence-corrected chi connectivity index (χ4v) is 4.16. The number of aromatic nitrogens is 1. The Balaban J connectivity index is 1.51. The van der Waals surface area contributed by atoms with Crippen molar-refractivity contribution in [3.63, 3.8) is 0 Å². The maximum absolute atomic E-state index is 12.5. The van der Waals surface area contributed by atoms with Crippen molar-refractivity contribution in [1.82, 2.24) is 9.80 Å². The van der Waals surface area contributed by atoms with Crippen LogP contribution in [-0.4, -0.2) is 61.9 Å². The van der Waals surface area contributed by atoms with Crippen molar-refractivity contribution >= 4 is 17.7 Å². The summed E-state index contributed by atoms with van der Waals surface area (Å²) in [5.41, 5.74) is 2.35. The molecule has 7 nitrogen and oxygen atoms in total. The quantitative estimate of drug-likeness (QED) is 0.390. The molecule has 8 heteroatoms. The number of rotatable bonds is 7. The van der Waals surface area contributed by atoms with Crippen molar-refractivity contribution in [2.45, 2.75) is 18.5 Å². The maximum Gasteiger partial charge on any atom is 0.251 e. The van der Waals surface area contributed by atoms with Gasteiger partial charge in [0.2, 0.25) is 5.91 Å². The summed E-state index contributed by atoms with van der Waals surface area (Å²) in [7, 11) is 3.28. The average Bonchev–Trinajstić information content (AvgIpc) is 2.74. The van der Waals surface area contributed by atoms with Crippen LogP contribution in [0.3, 0.4) is 0 Å². The molecule has 0 spiro atoms. The molecular formula is C21H27N3O4S. The predicted molar refractivity (Wildman–Crippen MR) is 112 cm³/mol. The lowest BCUT2D eigenvalue weighted by molar-refractivity contribution is -0.645. The molecule has 1 aromatic carbocycles. The van der Waals surface area contributed by atoms with E-state index in [2.05, 4.69) is 11.8 Å². The van der Waals surface area contributed by atoms with E-state index in [9.17, 15) is 10.0 Å². The molecule has 0 aliphatic carbocycles. The molecule has 3 rings (SSSR count). The number of piperazine rings is 1. The van der Waals surface area contributed by atoms with Crippen LogP contribution in [0.25, 0.3) is 0 Å². The van der Waals surface area contributed by atoms with E-state index in [-0.39, 0.29) is 11.7 Å². The monoisotopic (exact) mass is 417 g/mol. The van der Waals surface area contributed by atoms with Crippen molar-refractivity contribution in [3.8, 4) is 11.5 Å². The molecule has 1 fully saturated rings. The Morgan fingerprint density at radius 2 is 1.83 bits per heavy atom. The van der Waals surface area contributed by atoms with Crippen LogP contribution in [0, 0.1) is 12.1 Å².